The molecule has 0 fully saturated rings. The number of hydrogen-bond acceptors (Lipinski definition) is 1. The predicted molar refractivity (Wildman–Crippen MR) is 57.5 cm³/mol. The van der Waals surface area contributed by atoms with Gasteiger partial charge in [-0.15, -0.1) is 0 Å². The van der Waals surface area contributed by atoms with E-state index in [0.29, 0.717) is 12.0 Å². The van der Waals surface area contributed by atoms with Crippen molar-refractivity contribution in [1.29, 1.82) is 0 Å². The van der Waals surface area contributed by atoms with E-state index in [2.05, 4.69) is 0 Å². The Kier molecular flexibility index (Phi) is 4.21. The van der Waals surface area contributed by atoms with E-state index >= 15 is 0 Å². The minimum Gasteiger partial charge on any atom is -0.328 e. The van der Waals surface area contributed by atoms with Crippen molar-refractivity contribution in [1.82, 2.24) is 0 Å². The maximum atomic E-state index is 13.3. The maximum Gasteiger partial charge on any atom is 0.126 e. The smallest absolute Gasteiger partial charge is 0.126 e. The molecular formula is C12H17F2N. The van der Waals surface area contributed by atoms with E-state index in [4.69, 9.17) is 5.73 Å². The summed E-state index contributed by atoms with van der Waals surface area (Å²) in [6, 6.07) is 3.65. The summed E-state index contributed by atoms with van der Waals surface area (Å²) in [4.78, 5) is 0. The van der Waals surface area contributed by atoms with E-state index < -0.39 is 0 Å². The van der Waals surface area contributed by atoms with E-state index in [1.54, 1.807) is 0 Å². The molecule has 0 aromatic heterocycles. The monoisotopic (exact) mass is 213 g/mol. The Bertz CT molecular complexity index is 323. The van der Waals surface area contributed by atoms with Gasteiger partial charge in [0.1, 0.15) is 11.6 Å². The van der Waals surface area contributed by atoms with E-state index in [1.165, 1.54) is 12.1 Å². The average molecular weight is 213 g/mol. The van der Waals surface area contributed by atoms with Crippen molar-refractivity contribution < 1.29 is 8.78 Å². The van der Waals surface area contributed by atoms with Gasteiger partial charge in [-0.05, 0) is 49.4 Å². The van der Waals surface area contributed by atoms with Crippen LogP contribution in [0.15, 0.2) is 18.2 Å². The zero-order valence-electron chi connectivity index (χ0n) is 9.13. The van der Waals surface area contributed by atoms with Crippen molar-refractivity contribution in [3.05, 3.63) is 35.4 Å². The minimum atomic E-state index is -0.389. The lowest BCUT2D eigenvalue weighted by Crippen LogP contribution is -2.19. The number of halogens is 2. The van der Waals surface area contributed by atoms with Crippen LogP contribution >= 0.6 is 0 Å². The van der Waals surface area contributed by atoms with Gasteiger partial charge in [-0.3, -0.25) is 0 Å². The largest absolute Gasteiger partial charge is 0.328 e. The Morgan fingerprint density at radius 1 is 1.27 bits per heavy atom. The molecule has 2 atom stereocenters. The third kappa shape index (κ3) is 3.96. The Balaban J connectivity index is 2.67. The van der Waals surface area contributed by atoms with E-state index in [0.717, 1.165) is 12.5 Å². The first-order valence-electron chi connectivity index (χ1n) is 5.18. The molecule has 2 unspecified atom stereocenters. The van der Waals surface area contributed by atoms with Gasteiger partial charge in [-0.2, -0.15) is 0 Å². The van der Waals surface area contributed by atoms with Crippen LogP contribution in [0.25, 0.3) is 0 Å². The summed E-state index contributed by atoms with van der Waals surface area (Å²) in [5.41, 5.74) is 6.08. The highest BCUT2D eigenvalue weighted by Gasteiger charge is 2.10. The number of rotatable bonds is 4. The van der Waals surface area contributed by atoms with Crippen LogP contribution in [0.2, 0.25) is 0 Å². The molecule has 1 rings (SSSR count). The second-order valence-corrected chi connectivity index (χ2v) is 4.26. The summed E-state index contributed by atoms with van der Waals surface area (Å²) in [6.07, 6.45) is 1.35. The molecule has 0 spiro atoms. The highest BCUT2D eigenvalue weighted by Crippen LogP contribution is 2.17. The molecule has 0 saturated heterocycles. The van der Waals surface area contributed by atoms with Crippen LogP contribution in [0.4, 0.5) is 8.78 Å². The SMILES string of the molecule is CC(N)CC(C)Cc1cc(F)ccc1F. The first kappa shape index (κ1) is 12.1. The average Bonchev–Trinajstić information content (AvgIpc) is 2.10. The second-order valence-electron chi connectivity index (χ2n) is 4.26. The lowest BCUT2D eigenvalue weighted by molar-refractivity contribution is 0.467. The highest BCUT2D eigenvalue weighted by atomic mass is 19.1. The quantitative estimate of drug-likeness (QED) is 0.817. The van der Waals surface area contributed by atoms with Crippen molar-refractivity contribution in [2.75, 3.05) is 0 Å². The zero-order valence-corrected chi connectivity index (χ0v) is 9.13. The molecule has 0 saturated carbocycles. The molecule has 0 aliphatic carbocycles. The van der Waals surface area contributed by atoms with Crippen molar-refractivity contribution >= 4 is 0 Å². The Morgan fingerprint density at radius 2 is 1.93 bits per heavy atom. The lowest BCUT2D eigenvalue weighted by Gasteiger charge is -2.14. The first-order valence-corrected chi connectivity index (χ1v) is 5.18. The third-order valence-corrected chi connectivity index (χ3v) is 2.35. The molecule has 0 aliphatic rings. The summed E-state index contributed by atoms with van der Waals surface area (Å²) in [6.45, 7) is 3.91. The van der Waals surface area contributed by atoms with E-state index in [9.17, 15) is 8.78 Å². The van der Waals surface area contributed by atoms with Gasteiger partial charge in [0.05, 0.1) is 0 Å². The molecule has 0 radical (unpaired) electrons. The molecule has 15 heavy (non-hydrogen) atoms. The van der Waals surface area contributed by atoms with Gasteiger partial charge >= 0.3 is 0 Å². The fourth-order valence-corrected chi connectivity index (χ4v) is 1.79. The summed E-state index contributed by atoms with van der Waals surface area (Å²) in [7, 11) is 0. The molecule has 3 heteroatoms. The molecule has 0 amide bonds. The molecule has 0 heterocycles. The zero-order chi connectivity index (χ0) is 11.4. The molecule has 0 aliphatic heterocycles. The maximum absolute atomic E-state index is 13.3. The Labute approximate surface area is 89.3 Å². The molecule has 1 nitrogen and oxygen atoms in total. The summed E-state index contributed by atoms with van der Waals surface area (Å²) in [5.74, 6) is -0.464. The second kappa shape index (κ2) is 5.21. The third-order valence-electron chi connectivity index (χ3n) is 2.35. The van der Waals surface area contributed by atoms with Gasteiger partial charge in [0.15, 0.2) is 0 Å². The van der Waals surface area contributed by atoms with Crippen LogP contribution in [0, 0.1) is 17.6 Å². The summed E-state index contributed by atoms with van der Waals surface area (Å²) < 4.78 is 26.1. The fraction of sp³-hybridized carbons (Fsp3) is 0.500. The van der Waals surface area contributed by atoms with Gasteiger partial charge in [0.25, 0.3) is 0 Å². The fourth-order valence-electron chi connectivity index (χ4n) is 1.79. The lowest BCUT2D eigenvalue weighted by atomic mass is 9.95. The van der Waals surface area contributed by atoms with Crippen molar-refractivity contribution in [3.63, 3.8) is 0 Å². The van der Waals surface area contributed by atoms with Crippen LogP contribution < -0.4 is 5.73 Å². The highest BCUT2D eigenvalue weighted by molar-refractivity contribution is 5.19. The van der Waals surface area contributed by atoms with Gasteiger partial charge < -0.3 is 5.73 Å². The first-order chi connectivity index (χ1) is 6.99. The van der Waals surface area contributed by atoms with Crippen LogP contribution in [-0.4, -0.2) is 6.04 Å². The Morgan fingerprint density at radius 3 is 2.53 bits per heavy atom. The van der Waals surface area contributed by atoms with Gasteiger partial charge in [-0.25, -0.2) is 8.78 Å². The van der Waals surface area contributed by atoms with Crippen LogP contribution in [-0.2, 0) is 6.42 Å². The van der Waals surface area contributed by atoms with E-state index in [1.807, 2.05) is 13.8 Å². The molecule has 1 aromatic carbocycles. The minimum absolute atomic E-state index is 0.0941. The van der Waals surface area contributed by atoms with Crippen LogP contribution in [0.1, 0.15) is 25.8 Å². The molecule has 0 bridgehead atoms. The van der Waals surface area contributed by atoms with Crippen LogP contribution in [0.5, 0.6) is 0 Å². The molecule has 1 aromatic rings. The van der Waals surface area contributed by atoms with Gasteiger partial charge in [-0.1, -0.05) is 6.92 Å². The van der Waals surface area contributed by atoms with Crippen molar-refractivity contribution in [3.8, 4) is 0 Å². The number of benzene rings is 1. The van der Waals surface area contributed by atoms with E-state index in [-0.39, 0.29) is 23.6 Å². The number of nitrogens with two attached hydrogens (primary N) is 1. The van der Waals surface area contributed by atoms with Crippen molar-refractivity contribution in [2.45, 2.75) is 32.7 Å². The Hall–Kier alpha value is -0.960. The molecule has 2 N–H and O–H groups in total. The van der Waals surface area contributed by atoms with Gasteiger partial charge in [0.2, 0.25) is 0 Å². The molecule has 84 valence electrons. The predicted octanol–water partition coefficient (Wildman–Crippen LogP) is 2.88. The molecular weight excluding hydrogens is 196 g/mol. The number of hydrogen-bond donors (Lipinski definition) is 1. The van der Waals surface area contributed by atoms with Crippen LogP contribution in [0.3, 0.4) is 0 Å². The van der Waals surface area contributed by atoms with Crippen molar-refractivity contribution in [2.24, 2.45) is 11.7 Å². The summed E-state index contributed by atoms with van der Waals surface area (Å²) in [5, 5.41) is 0. The topological polar surface area (TPSA) is 26.0 Å². The normalized spacial score (nSPS) is 15.0. The van der Waals surface area contributed by atoms with Gasteiger partial charge in [0, 0.05) is 6.04 Å². The standard InChI is InChI=1S/C12H17F2N/c1-8(5-9(2)15)6-10-7-11(13)3-4-12(10)14/h3-4,7-9H,5-6,15H2,1-2H3. The summed E-state index contributed by atoms with van der Waals surface area (Å²) >= 11 is 0.